The van der Waals surface area contributed by atoms with Crippen molar-refractivity contribution in [3.8, 4) is 0 Å². The lowest BCUT2D eigenvalue weighted by atomic mass is 9.89. The summed E-state index contributed by atoms with van der Waals surface area (Å²) in [6, 6.07) is 0. The van der Waals surface area contributed by atoms with Crippen LogP contribution in [0.3, 0.4) is 0 Å². The molecule has 1 N–H and O–H groups in total. The van der Waals surface area contributed by atoms with E-state index in [0.717, 1.165) is 19.0 Å². The van der Waals surface area contributed by atoms with Gasteiger partial charge in [-0.05, 0) is 25.3 Å². The van der Waals surface area contributed by atoms with Gasteiger partial charge in [0, 0.05) is 24.5 Å². The lowest BCUT2D eigenvalue weighted by molar-refractivity contribution is 0.342. The predicted octanol–water partition coefficient (Wildman–Crippen LogP) is 2.65. The van der Waals surface area contributed by atoms with Gasteiger partial charge >= 0.3 is 0 Å². The average molecular weight is 219 g/mol. The van der Waals surface area contributed by atoms with Gasteiger partial charge in [-0.3, -0.25) is 0 Å². The molecule has 3 heteroatoms. The maximum Gasteiger partial charge on any atom is 0.0538 e. The van der Waals surface area contributed by atoms with Crippen LogP contribution >= 0.6 is 0 Å². The molecule has 88 valence electrons. The monoisotopic (exact) mass is 219 g/mol. The molecule has 0 amide bonds. The molecular formula is C13H21N3. The summed E-state index contributed by atoms with van der Waals surface area (Å²) >= 11 is 0. The zero-order chi connectivity index (χ0) is 11.2. The molecule has 1 aliphatic carbocycles. The van der Waals surface area contributed by atoms with Gasteiger partial charge in [0.25, 0.3) is 0 Å². The van der Waals surface area contributed by atoms with E-state index < -0.39 is 0 Å². The van der Waals surface area contributed by atoms with Gasteiger partial charge in [0.1, 0.15) is 0 Å². The fourth-order valence-electron chi connectivity index (χ4n) is 2.38. The van der Waals surface area contributed by atoms with Gasteiger partial charge in [0.05, 0.1) is 6.20 Å². The molecule has 1 saturated carbocycles. The number of rotatable bonds is 5. The Kier molecular flexibility index (Phi) is 4.17. The SMILES string of the molecule is C=Cn1cc(CNCC2CCCCC2)cn1. The van der Waals surface area contributed by atoms with Crippen LogP contribution in [0, 0.1) is 5.92 Å². The Labute approximate surface area is 97.5 Å². The number of nitrogens with zero attached hydrogens (tertiary/aromatic N) is 2. The molecule has 16 heavy (non-hydrogen) atoms. The fourth-order valence-corrected chi connectivity index (χ4v) is 2.38. The Morgan fingerprint density at radius 3 is 2.94 bits per heavy atom. The number of aromatic nitrogens is 2. The number of hydrogen-bond acceptors (Lipinski definition) is 2. The third kappa shape index (κ3) is 3.20. The summed E-state index contributed by atoms with van der Waals surface area (Å²) < 4.78 is 1.75. The lowest BCUT2D eigenvalue weighted by Crippen LogP contribution is -2.23. The molecule has 0 aromatic carbocycles. The molecule has 0 saturated heterocycles. The summed E-state index contributed by atoms with van der Waals surface area (Å²) in [4.78, 5) is 0. The highest BCUT2D eigenvalue weighted by Crippen LogP contribution is 2.22. The second kappa shape index (κ2) is 5.85. The van der Waals surface area contributed by atoms with Crippen LogP contribution in [-0.4, -0.2) is 16.3 Å². The van der Waals surface area contributed by atoms with Crippen molar-refractivity contribution in [2.24, 2.45) is 5.92 Å². The Morgan fingerprint density at radius 2 is 2.25 bits per heavy atom. The third-order valence-corrected chi connectivity index (χ3v) is 3.33. The molecule has 0 bridgehead atoms. The molecule has 0 aliphatic heterocycles. The standard InChI is InChI=1S/C13H21N3/c1-2-16-11-13(10-15-16)9-14-8-12-6-4-3-5-7-12/h2,10-12,14H,1,3-9H2. The first-order chi connectivity index (χ1) is 7.88. The quantitative estimate of drug-likeness (QED) is 0.825. The summed E-state index contributed by atoms with van der Waals surface area (Å²) in [5, 5.41) is 7.68. The van der Waals surface area contributed by atoms with Crippen LogP contribution in [0.15, 0.2) is 19.0 Å². The van der Waals surface area contributed by atoms with E-state index in [4.69, 9.17) is 0 Å². The van der Waals surface area contributed by atoms with E-state index in [-0.39, 0.29) is 0 Å². The van der Waals surface area contributed by atoms with Crippen LogP contribution < -0.4 is 5.32 Å². The molecule has 1 fully saturated rings. The van der Waals surface area contributed by atoms with E-state index in [0.29, 0.717) is 0 Å². The second-order valence-corrected chi connectivity index (χ2v) is 4.65. The highest BCUT2D eigenvalue weighted by molar-refractivity contribution is 5.17. The van der Waals surface area contributed by atoms with E-state index in [9.17, 15) is 0 Å². The predicted molar refractivity (Wildman–Crippen MR) is 66.9 cm³/mol. The van der Waals surface area contributed by atoms with Gasteiger partial charge in [0.15, 0.2) is 0 Å². The van der Waals surface area contributed by atoms with Crippen molar-refractivity contribution in [2.45, 2.75) is 38.6 Å². The van der Waals surface area contributed by atoms with Crippen molar-refractivity contribution in [3.05, 3.63) is 24.5 Å². The summed E-state index contributed by atoms with van der Waals surface area (Å²) in [6.07, 6.45) is 12.7. The summed E-state index contributed by atoms with van der Waals surface area (Å²) in [7, 11) is 0. The summed E-state index contributed by atoms with van der Waals surface area (Å²) in [5.41, 5.74) is 1.23. The van der Waals surface area contributed by atoms with Crippen LogP contribution in [0.25, 0.3) is 6.20 Å². The highest BCUT2D eigenvalue weighted by atomic mass is 15.2. The van der Waals surface area contributed by atoms with E-state index >= 15 is 0 Å². The minimum atomic E-state index is 0.892. The van der Waals surface area contributed by atoms with Crippen LogP contribution in [-0.2, 0) is 6.54 Å². The van der Waals surface area contributed by atoms with Gasteiger partial charge in [-0.25, -0.2) is 4.68 Å². The second-order valence-electron chi connectivity index (χ2n) is 4.65. The minimum Gasteiger partial charge on any atom is -0.312 e. The van der Waals surface area contributed by atoms with E-state index in [1.54, 1.807) is 10.9 Å². The third-order valence-electron chi connectivity index (χ3n) is 3.33. The molecule has 2 rings (SSSR count). The largest absolute Gasteiger partial charge is 0.312 e. The Balaban J connectivity index is 1.68. The first-order valence-corrected chi connectivity index (χ1v) is 6.25. The number of hydrogen-bond donors (Lipinski definition) is 1. The Morgan fingerprint density at radius 1 is 1.44 bits per heavy atom. The van der Waals surface area contributed by atoms with Gasteiger partial charge in [-0.2, -0.15) is 5.10 Å². The maximum absolute atomic E-state index is 4.16. The topological polar surface area (TPSA) is 29.9 Å². The average Bonchev–Trinajstić information content (AvgIpc) is 2.78. The minimum absolute atomic E-state index is 0.892. The van der Waals surface area contributed by atoms with Gasteiger partial charge in [-0.1, -0.05) is 25.8 Å². The maximum atomic E-state index is 4.16. The van der Waals surface area contributed by atoms with Crippen LogP contribution in [0.1, 0.15) is 37.7 Å². The summed E-state index contributed by atoms with van der Waals surface area (Å²) in [5.74, 6) is 0.892. The van der Waals surface area contributed by atoms with Crippen LogP contribution in [0.5, 0.6) is 0 Å². The molecule has 1 heterocycles. The van der Waals surface area contributed by atoms with Crippen molar-refractivity contribution >= 4 is 6.20 Å². The van der Waals surface area contributed by atoms with Crippen molar-refractivity contribution < 1.29 is 0 Å². The Bertz CT molecular complexity index is 324. The smallest absolute Gasteiger partial charge is 0.0538 e. The highest BCUT2D eigenvalue weighted by Gasteiger charge is 2.12. The molecule has 0 spiro atoms. The van der Waals surface area contributed by atoms with Crippen molar-refractivity contribution in [1.82, 2.24) is 15.1 Å². The molecular weight excluding hydrogens is 198 g/mol. The zero-order valence-corrected chi connectivity index (χ0v) is 9.86. The summed E-state index contributed by atoms with van der Waals surface area (Å²) in [6.45, 7) is 5.75. The van der Waals surface area contributed by atoms with Crippen molar-refractivity contribution in [3.63, 3.8) is 0 Å². The van der Waals surface area contributed by atoms with E-state index in [1.165, 1.54) is 37.7 Å². The molecule has 0 atom stereocenters. The fraction of sp³-hybridized carbons (Fsp3) is 0.615. The van der Waals surface area contributed by atoms with Crippen molar-refractivity contribution in [2.75, 3.05) is 6.54 Å². The Hall–Kier alpha value is -1.09. The first-order valence-electron chi connectivity index (χ1n) is 6.25. The van der Waals surface area contributed by atoms with Gasteiger partial charge < -0.3 is 5.32 Å². The van der Waals surface area contributed by atoms with Crippen molar-refractivity contribution in [1.29, 1.82) is 0 Å². The van der Waals surface area contributed by atoms with Gasteiger partial charge in [0.2, 0.25) is 0 Å². The molecule has 1 aliphatic rings. The zero-order valence-electron chi connectivity index (χ0n) is 9.86. The lowest BCUT2D eigenvalue weighted by Gasteiger charge is -2.21. The normalized spacial score (nSPS) is 17.5. The van der Waals surface area contributed by atoms with E-state index in [2.05, 4.69) is 17.0 Å². The molecule has 1 aromatic heterocycles. The molecule has 0 unspecified atom stereocenters. The molecule has 3 nitrogen and oxygen atoms in total. The first kappa shape index (κ1) is 11.4. The van der Waals surface area contributed by atoms with E-state index in [1.807, 2.05) is 12.4 Å². The number of nitrogens with one attached hydrogen (secondary N) is 1. The molecule has 1 aromatic rings. The molecule has 0 radical (unpaired) electrons. The van der Waals surface area contributed by atoms with Crippen LogP contribution in [0.4, 0.5) is 0 Å². The van der Waals surface area contributed by atoms with Gasteiger partial charge in [-0.15, -0.1) is 0 Å². The van der Waals surface area contributed by atoms with Crippen LogP contribution in [0.2, 0.25) is 0 Å².